The number of hydrogen-bond acceptors (Lipinski definition) is 5. The van der Waals surface area contributed by atoms with E-state index < -0.39 is 5.92 Å². The monoisotopic (exact) mass is 439 g/mol. The van der Waals surface area contributed by atoms with Gasteiger partial charge in [-0.05, 0) is 43.2 Å². The molecule has 0 radical (unpaired) electrons. The minimum atomic E-state index is -0.460. The number of nitrogens with zero attached hydrogens (tertiary/aromatic N) is 3. The Balaban J connectivity index is 1.43. The van der Waals surface area contributed by atoms with E-state index in [1.54, 1.807) is 15.9 Å². The molecule has 160 valence electrons. The first-order valence-electron chi connectivity index (χ1n) is 10.4. The molecule has 0 saturated carbocycles. The first kappa shape index (κ1) is 20.1. The minimum Gasteiger partial charge on any atom is -0.376 e. The molecule has 2 saturated heterocycles. The molecule has 1 aromatic heterocycles. The number of anilines is 2. The van der Waals surface area contributed by atoms with Crippen molar-refractivity contribution < 1.29 is 18.7 Å². The fourth-order valence-electron chi connectivity index (χ4n) is 4.21. The van der Waals surface area contributed by atoms with Crippen molar-refractivity contribution in [2.24, 2.45) is 5.92 Å². The van der Waals surface area contributed by atoms with Crippen LogP contribution in [0.3, 0.4) is 0 Å². The van der Waals surface area contributed by atoms with Gasteiger partial charge in [0.15, 0.2) is 5.13 Å². The largest absolute Gasteiger partial charge is 0.376 e. The average molecular weight is 440 g/mol. The maximum atomic E-state index is 13.7. The van der Waals surface area contributed by atoms with Gasteiger partial charge in [-0.15, -0.1) is 0 Å². The van der Waals surface area contributed by atoms with E-state index >= 15 is 0 Å². The summed E-state index contributed by atoms with van der Waals surface area (Å²) >= 11 is 1.29. The SMILES string of the molecule is O=C1CC(C(=O)N(CC2CCCO2)c2nc3ccc(F)cc3s2)CN1c1ccccc1. The highest BCUT2D eigenvalue weighted by atomic mass is 32.1. The number of ether oxygens (including phenoxy) is 1. The molecular weight excluding hydrogens is 417 g/mol. The van der Waals surface area contributed by atoms with Crippen molar-refractivity contribution in [3.05, 3.63) is 54.3 Å². The third-order valence-electron chi connectivity index (χ3n) is 5.79. The Morgan fingerprint density at radius 3 is 2.87 bits per heavy atom. The molecule has 31 heavy (non-hydrogen) atoms. The first-order chi connectivity index (χ1) is 15.1. The number of amides is 2. The van der Waals surface area contributed by atoms with Gasteiger partial charge in [0.1, 0.15) is 5.82 Å². The Kier molecular flexibility index (Phi) is 5.41. The van der Waals surface area contributed by atoms with Gasteiger partial charge in [-0.3, -0.25) is 14.5 Å². The van der Waals surface area contributed by atoms with Crippen LogP contribution in [0.25, 0.3) is 10.2 Å². The highest BCUT2D eigenvalue weighted by molar-refractivity contribution is 7.22. The Morgan fingerprint density at radius 1 is 1.26 bits per heavy atom. The Bertz CT molecular complexity index is 1110. The summed E-state index contributed by atoms with van der Waals surface area (Å²) in [5.41, 5.74) is 1.45. The lowest BCUT2D eigenvalue weighted by molar-refractivity contribution is -0.124. The molecule has 8 heteroatoms. The second kappa shape index (κ2) is 8.36. The molecule has 2 aromatic carbocycles. The minimum absolute atomic E-state index is 0.0602. The molecule has 2 aliphatic rings. The second-order valence-corrected chi connectivity index (χ2v) is 8.94. The van der Waals surface area contributed by atoms with Crippen LogP contribution in [0.1, 0.15) is 19.3 Å². The number of benzene rings is 2. The number of carbonyl (C=O) groups is 2. The average Bonchev–Trinajstić information content (AvgIpc) is 3.51. The molecule has 2 amide bonds. The molecule has 3 heterocycles. The van der Waals surface area contributed by atoms with E-state index in [1.807, 2.05) is 30.3 Å². The standard InChI is InChI=1S/C23H22FN3O3S/c24-16-8-9-19-20(12-16)31-23(25-19)27(14-18-7-4-10-30-18)22(29)15-11-21(28)26(13-15)17-5-2-1-3-6-17/h1-3,5-6,8-9,12,15,18H,4,7,10-11,13-14H2. The summed E-state index contributed by atoms with van der Waals surface area (Å²) in [4.78, 5) is 34.1. The van der Waals surface area contributed by atoms with Crippen LogP contribution in [-0.2, 0) is 14.3 Å². The van der Waals surface area contributed by atoms with Crippen LogP contribution in [-0.4, -0.2) is 42.6 Å². The molecule has 0 N–H and O–H groups in total. The fraction of sp³-hybridized carbons (Fsp3) is 0.348. The number of thiazole rings is 1. The molecule has 3 aromatic rings. The molecule has 2 aliphatic heterocycles. The molecule has 0 aliphatic carbocycles. The van der Waals surface area contributed by atoms with E-state index in [-0.39, 0.29) is 30.2 Å². The lowest BCUT2D eigenvalue weighted by Crippen LogP contribution is -2.42. The van der Waals surface area contributed by atoms with E-state index in [0.29, 0.717) is 35.0 Å². The molecule has 2 unspecified atom stereocenters. The number of aromatic nitrogens is 1. The Morgan fingerprint density at radius 2 is 2.10 bits per heavy atom. The lowest BCUT2D eigenvalue weighted by atomic mass is 10.1. The number of fused-ring (bicyclic) bond motifs is 1. The van der Waals surface area contributed by atoms with Crippen molar-refractivity contribution in [3.8, 4) is 0 Å². The zero-order valence-corrected chi connectivity index (χ0v) is 17.7. The normalized spacial score (nSPS) is 21.2. The van der Waals surface area contributed by atoms with Crippen LogP contribution < -0.4 is 9.80 Å². The Labute approximate surface area is 183 Å². The van der Waals surface area contributed by atoms with Crippen molar-refractivity contribution in [2.75, 3.05) is 29.5 Å². The van der Waals surface area contributed by atoms with Gasteiger partial charge >= 0.3 is 0 Å². The van der Waals surface area contributed by atoms with Gasteiger partial charge in [0.05, 0.1) is 28.8 Å². The van der Waals surface area contributed by atoms with Crippen molar-refractivity contribution in [3.63, 3.8) is 0 Å². The number of carbonyl (C=O) groups excluding carboxylic acids is 2. The molecule has 5 rings (SSSR count). The summed E-state index contributed by atoms with van der Waals surface area (Å²) in [5.74, 6) is -0.993. The smallest absolute Gasteiger partial charge is 0.234 e. The van der Waals surface area contributed by atoms with Gasteiger partial charge in [-0.25, -0.2) is 9.37 Å². The summed E-state index contributed by atoms with van der Waals surface area (Å²) in [6.45, 7) is 1.40. The van der Waals surface area contributed by atoms with Crippen LogP contribution in [0, 0.1) is 11.7 Å². The van der Waals surface area contributed by atoms with Crippen molar-refractivity contribution >= 4 is 44.2 Å². The number of hydrogen-bond donors (Lipinski definition) is 0. The summed E-state index contributed by atoms with van der Waals surface area (Å²) in [7, 11) is 0. The van der Waals surface area contributed by atoms with Crippen LogP contribution >= 0.6 is 11.3 Å². The molecule has 2 atom stereocenters. The van der Waals surface area contributed by atoms with Crippen LogP contribution in [0.15, 0.2) is 48.5 Å². The van der Waals surface area contributed by atoms with Crippen molar-refractivity contribution in [2.45, 2.75) is 25.4 Å². The predicted octanol–water partition coefficient (Wildman–Crippen LogP) is 4.00. The maximum absolute atomic E-state index is 13.7. The van der Waals surface area contributed by atoms with Crippen LogP contribution in [0.4, 0.5) is 15.2 Å². The van der Waals surface area contributed by atoms with Crippen molar-refractivity contribution in [1.82, 2.24) is 4.98 Å². The number of para-hydroxylation sites is 1. The van der Waals surface area contributed by atoms with Crippen molar-refractivity contribution in [1.29, 1.82) is 0 Å². The van der Waals surface area contributed by atoms with Gasteiger partial charge in [-0.1, -0.05) is 29.5 Å². The van der Waals surface area contributed by atoms with Crippen LogP contribution in [0.2, 0.25) is 0 Å². The Hall–Kier alpha value is -2.84. The van der Waals surface area contributed by atoms with Gasteiger partial charge in [0, 0.05) is 25.3 Å². The predicted molar refractivity (Wildman–Crippen MR) is 118 cm³/mol. The number of halogens is 1. The quantitative estimate of drug-likeness (QED) is 0.603. The van der Waals surface area contributed by atoms with Crippen LogP contribution in [0.5, 0.6) is 0 Å². The van der Waals surface area contributed by atoms with E-state index in [0.717, 1.165) is 18.5 Å². The molecule has 2 fully saturated rings. The number of rotatable bonds is 5. The third kappa shape index (κ3) is 4.05. The van der Waals surface area contributed by atoms with Gasteiger partial charge in [0.2, 0.25) is 11.8 Å². The topological polar surface area (TPSA) is 62.7 Å². The third-order valence-corrected chi connectivity index (χ3v) is 6.83. The summed E-state index contributed by atoms with van der Waals surface area (Å²) in [5, 5.41) is 0.520. The second-order valence-electron chi connectivity index (χ2n) is 7.93. The van der Waals surface area contributed by atoms with Gasteiger partial charge < -0.3 is 9.64 Å². The molecule has 0 bridgehead atoms. The molecule has 6 nitrogen and oxygen atoms in total. The van der Waals surface area contributed by atoms with Gasteiger partial charge in [-0.2, -0.15) is 0 Å². The zero-order valence-electron chi connectivity index (χ0n) is 16.9. The molecule has 0 spiro atoms. The van der Waals surface area contributed by atoms with E-state index in [9.17, 15) is 14.0 Å². The lowest BCUT2D eigenvalue weighted by Gasteiger charge is -2.25. The van der Waals surface area contributed by atoms with E-state index in [1.165, 1.54) is 23.5 Å². The maximum Gasteiger partial charge on any atom is 0.234 e. The first-order valence-corrected chi connectivity index (χ1v) is 11.2. The fourth-order valence-corrected chi connectivity index (χ4v) is 5.21. The van der Waals surface area contributed by atoms with E-state index in [4.69, 9.17) is 4.74 Å². The zero-order chi connectivity index (χ0) is 21.4. The molecular formula is C23H22FN3O3S. The highest BCUT2D eigenvalue weighted by Crippen LogP contribution is 2.33. The highest BCUT2D eigenvalue weighted by Gasteiger charge is 2.39. The summed E-state index contributed by atoms with van der Waals surface area (Å²) in [6.07, 6.45) is 1.94. The van der Waals surface area contributed by atoms with E-state index in [2.05, 4.69) is 4.98 Å². The summed E-state index contributed by atoms with van der Waals surface area (Å²) < 4.78 is 20.1. The van der Waals surface area contributed by atoms with Gasteiger partial charge in [0.25, 0.3) is 0 Å². The summed E-state index contributed by atoms with van der Waals surface area (Å²) in [6, 6.07) is 13.8.